The smallest absolute Gasteiger partial charge is 0.120 e. The number of nitrogens with zero attached hydrogens (tertiary/aromatic N) is 2. The minimum absolute atomic E-state index is 0. The Bertz CT molecular complexity index is 2140. The van der Waals surface area contributed by atoms with Crippen molar-refractivity contribution in [3.05, 3.63) is 192 Å². The summed E-state index contributed by atoms with van der Waals surface area (Å²) in [6, 6.07) is 56.2. The van der Waals surface area contributed by atoms with E-state index in [9.17, 15) is 0 Å². The van der Waals surface area contributed by atoms with Gasteiger partial charge in [0.05, 0.1) is 5.58 Å². The van der Waals surface area contributed by atoms with Gasteiger partial charge < -0.3 is 14.4 Å². The molecule has 8 rings (SSSR count). The van der Waals surface area contributed by atoms with E-state index in [1.807, 2.05) is 60.8 Å². The maximum Gasteiger partial charge on any atom is 0.120 e. The van der Waals surface area contributed by atoms with E-state index in [0.717, 1.165) is 57.3 Å². The van der Waals surface area contributed by atoms with Crippen molar-refractivity contribution in [2.24, 2.45) is 0 Å². The van der Waals surface area contributed by atoms with Crippen LogP contribution in [0.3, 0.4) is 0 Å². The number of rotatable bonds is 6. The molecular formula is C42H30IrN2O-2. The third-order valence-electron chi connectivity index (χ3n) is 7.73. The van der Waals surface area contributed by atoms with E-state index >= 15 is 0 Å². The fourth-order valence-corrected chi connectivity index (χ4v) is 5.46. The molecule has 0 aliphatic carbocycles. The minimum atomic E-state index is 0. The molecule has 3 heterocycles. The number of furan rings is 1. The SMILES string of the molecule is [Ir].[c-]1cc(Cc2ccccc2)ccc1-c1ccccn1.[c-]1cc2oc3ccccc3c2cc1-c1cc(Cc2ccccc2)ccn1. The first-order chi connectivity index (χ1) is 22.3. The van der Waals surface area contributed by atoms with Gasteiger partial charge in [-0.15, -0.1) is 59.2 Å². The molecule has 0 unspecified atom stereocenters. The molecular weight excluding hydrogens is 741 g/mol. The second kappa shape index (κ2) is 14.8. The fraction of sp³-hybridized carbons (Fsp3) is 0.0476. The molecule has 1 radical (unpaired) electrons. The van der Waals surface area contributed by atoms with Crippen molar-refractivity contribution in [2.45, 2.75) is 12.8 Å². The molecule has 0 saturated carbocycles. The first kappa shape index (κ1) is 30.9. The van der Waals surface area contributed by atoms with Crippen molar-refractivity contribution in [2.75, 3.05) is 0 Å². The zero-order valence-corrected chi connectivity index (χ0v) is 27.5. The summed E-state index contributed by atoms with van der Waals surface area (Å²) in [4.78, 5) is 8.89. The fourth-order valence-electron chi connectivity index (χ4n) is 5.46. The van der Waals surface area contributed by atoms with Crippen molar-refractivity contribution < 1.29 is 24.5 Å². The van der Waals surface area contributed by atoms with E-state index in [-0.39, 0.29) is 20.1 Å². The number of pyridine rings is 2. The summed E-state index contributed by atoms with van der Waals surface area (Å²) >= 11 is 0. The Kier molecular flexibility index (Phi) is 9.90. The van der Waals surface area contributed by atoms with Crippen LogP contribution in [0.5, 0.6) is 0 Å². The standard InChI is InChI=1S/C24H16NO.C18H14N.Ir/c1-2-6-17(7-3-1)14-18-12-13-25-22(15-18)19-10-11-24-21(16-19)20-8-4-5-9-23(20)26-24;1-2-6-15(7-3-1)14-16-9-11-17(12-10-16)18-8-4-5-13-19-18;/h1-9,11-13,15-16H,14H2;1-11,13H,14H2;/q2*-1;. The summed E-state index contributed by atoms with van der Waals surface area (Å²) in [5.41, 5.74) is 10.8. The van der Waals surface area contributed by atoms with Crippen LogP contribution in [0, 0.1) is 12.1 Å². The summed E-state index contributed by atoms with van der Waals surface area (Å²) in [6.07, 6.45) is 5.52. The van der Waals surface area contributed by atoms with Crippen molar-refractivity contribution >= 4 is 21.9 Å². The van der Waals surface area contributed by atoms with Crippen LogP contribution in [0.4, 0.5) is 0 Å². The molecule has 3 aromatic heterocycles. The average Bonchev–Trinajstić information content (AvgIpc) is 3.48. The normalized spacial score (nSPS) is 10.6. The second-order valence-electron chi connectivity index (χ2n) is 10.9. The van der Waals surface area contributed by atoms with Crippen molar-refractivity contribution in [3.8, 4) is 22.5 Å². The Hall–Kier alpha value is -5.15. The van der Waals surface area contributed by atoms with Crippen LogP contribution in [-0.4, -0.2) is 9.97 Å². The first-order valence-electron chi connectivity index (χ1n) is 15.1. The number of hydrogen-bond donors (Lipinski definition) is 0. The van der Waals surface area contributed by atoms with Gasteiger partial charge in [-0.05, 0) is 53.6 Å². The Morgan fingerprint density at radius 1 is 0.457 bits per heavy atom. The Labute approximate surface area is 283 Å². The van der Waals surface area contributed by atoms with E-state index < -0.39 is 0 Å². The van der Waals surface area contributed by atoms with Crippen LogP contribution in [0.2, 0.25) is 0 Å². The van der Waals surface area contributed by atoms with E-state index in [1.54, 1.807) is 6.20 Å². The van der Waals surface area contributed by atoms with Gasteiger partial charge >= 0.3 is 0 Å². The first-order valence-corrected chi connectivity index (χ1v) is 15.1. The molecule has 5 aromatic carbocycles. The Morgan fingerprint density at radius 2 is 1.13 bits per heavy atom. The zero-order valence-electron chi connectivity index (χ0n) is 25.1. The van der Waals surface area contributed by atoms with Crippen molar-refractivity contribution in [3.63, 3.8) is 0 Å². The van der Waals surface area contributed by atoms with E-state index in [1.165, 1.54) is 22.3 Å². The number of para-hydroxylation sites is 1. The van der Waals surface area contributed by atoms with Gasteiger partial charge in [-0.1, -0.05) is 108 Å². The summed E-state index contributed by atoms with van der Waals surface area (Å²) in [5.74, 6) is 0. The van der Waals surface area contributed by atoms with Gasteiger partial charge in [0.2, 0.25) is 0 Å². The van der Waals surface area contributed by atoms with Gasteiger partial charge in [-0.25, -0.2) is 0 Å². The van der Waals surface area contributed by atoms with Gasteiger partial charge in [0.15, 0.2) is 0 Å². The molecule has 225 valence electrons. The summed E-state index contributed by atoms with van der Waals surface area (Å²) in [6.45, 7) is 0. The Balaban J connectivity index is 0.000000166. The van der Waals surface area contributed by atoms with E-state index in [0.29, 0.717) is 0 Å². The molecule has 0 N–H and O–H groups in total. The average molecular weight is 771 g/mol. The molecule has 0 spiro atoms. The molecule has 0 amide bonds. The number of fused-ring (bicyclic) bond motifs is 3. The topological polar surface area (TPSA) is 38.9 Å². The van der Waals surface area contributed by atoms with Gasteiger partial charge in [-0.2, -0.15) is 0 Å². The summed E-state index contributed by atoms with van der Waals surface area (Å²) < 4.78 is 5.89. The van der Waals surface area contributed by atoms with Gasteiger partial charge in [0.25, 0.3) is 0 Å². The van der Waals surface area contributed by atoms with E-state index in [4.69, 9.17) is 4.42 Å². The summed E-state index contributed by atoms with van der Waals surface area (Å²) in [5, 5.41) is 2.22. The maximum absolute atomic E-state index is 5.89. The zero-order chi connectivity index (χ0) is 30.3. The quantitative estimate of drug-likeness (QED) is 0.158. The summed E-state index contributed by atoms with van der Waals surface area (Å²) in [7, 11) is 0. The molecule has 0 aliphatic heterocycles. The third-order valence-corrected chi connectivity index (χ3v) is 7.73. The number of aromatic nitrogens is 2. The molecule has 0 fully saturated rings. The molecule has 0 saturated heterocycles. The van der Waals surface area contributed by atoms with Crippen LogP contribution in [0.15, 0.2) is 162 Å². The van der Waals surface area contributed by atoms with Gasteiger partial charge in [0.1, 0.15) is 5.58 Å². The predicted octanol–water partition coefficient (Wildman–Crippen LogP) is 10.2. The van der Waals surface area contributed by atoms with Crippen molar-refractivity contribution in [1.29, 1.82) is 0 Å². The van der Waals surface area contributed by atoms with Crippen LogP contribution in [0.25, 0.3) is 44.5 Å². The molecule has 46 heavy (non-hydrogen) atoms. The van der Waals surface area contributed by atoms with Crippen LogP contribution in [-0.2, 0) is 32.9 Å². The molecule has 3 nitrogen and oxygen atoms in total. The van der Waals surface area contributed by atoms with Crippen molar-refractivity contribution in [1.82, 2.24) is 9.97 Å². The third kappa shape index (κ3) is 7.38. The minimum Gasteiger partial charge on any atom is -0.500 e. The molecule has 0 atom stereocenters. The Morgan fingerprint density at radius 3 is 1.85 bits per heavy atom. The van der Waals surface area contributed by atoms with Gasteiger partial charge in [0, 0.05) is 37.9 Å². The van der Waals surface area contributed by atoms with Crippen LogP contribution in [0.1, 0.15) is 22.3 Å². The predicted molar refractivity (Wildman–Crippen MR) is 183 cm³/mol. The molecule has 0 bridgehead atoms. The molecule has 4 heteroatoms. The number of hydrogen-bond acceptors (Lipinski definition) is 3. The molecule has 8 aromatic rings. The maximum atomic E-state index is 5.89. The van der Waals surface area contributed by atoms with Crippen LogP contribution < -0.4 is 0 Å². The molecule has 0 aliphatic rings. The largest absolute Gasteiger partial charge is 0.500 e. The van der Waals surface area contributed by atoms with Gasteiger partial charge in [-0.3, -0.25) is 0 Å². The second-order valence-corrected chi connectivity index (χ2v) is 10.9. The number of benzene rings is 5. The van der Waals surface area contributed by atoms with Crippen LogP contribution >= 0.6 is 0 Å². The monoisotopic (exact) mass is 771 g/mol. The van der Waals surface area contributed by atoms with E-state index in [2.05, 4.69) is 113 Å².